The third kappa shape index (κ3) is 4.30. The number of nitrogens with zero attached hydrogens (tertiary/aromatic N) is 2. The highest BCUT2D eigenvalue weighted by atomic mass is 19.3. The minimum Gasteiger partial charge on any atom is -0.493 e. The molecule has 0 unspecified atom stereocenters. The molecule has 4 rings (SSSR count). The van der Waals surface area contributed by atoms with Crippen LogP contribution in [0.15, 0.2) is 77.6 Å². The Balaban J connectivity index is 1.83. The normalized spacial score (nSPS) is 11.4. The summed E-state index contributed by atoms with van der Waals surface area (Å²) in [5, 5.41) is 0.501. The highest BCUT2D eigenvalue weighted by molar-refractivity contribution is 5.80. The number of rotatable bonds is 6. The first kappa shape index (κ1) is 20.3. The maximum Gasteiger partial charge on any atom is 0.387 e. The van der Waals surface area contributed by atoms with Gasteiger partial charge in [-0.25, -0.2) is 4.98 Å². The average Bonchev–Trinajstić information content (AvgIpc) is 2.78. The second kappa shape index (κ2) is 8.79. The summed E-state index contributed by atoms with van der Waals surface area (Å²) in [5.74, 6) is 0.524. The molecule has 0 atom stereocenters. The van der Waals surface area contributed by atoms with Crippen LogP contribution in [0, 0.1) is 0 Å². The SMILES string of the molecule is COc1ccc(C=Cc2nc3ccccc3c(=O)n2-c2ccccc2)cc1OC(F)F. The first-order valence-electron chi connectivity index (χ1n) is 9.45. The number of halogens is 2. The van der Waals surface area contributed by atoms with E-state index in [2.05, 4.69) is 9.72 Å². The quantitative estimate of drug-likeness (QED) is 0.432. The van der Waals surface area contributed by atoms with Gasteiger partial charge in [-0.05, 0) is 48.0 Å². The van der Waals surface area contributed by atoms with Crippen molar-refractivity contribution in [3.8, 4) is 17.2 Å². The van der Waals surface area contributed by atoms with E-state index in [-0.39, 0.29) is 17.1 Å². The predicted octanol–water partition coefficient (Wildman–Crippen LogP) is 5.17. The van der Waals surface area contributed by atoms with E-state index in [0.717, 1.165) is 0 Å². The van der Waals surface area contributed by atoms with Crippen LogP contribution in [0.4, 0.5) is 8.78 Å². The summed E-state index contributed by atoms with van der Waals surface area (Å²) in [6.45, 7) is -2.97. The number of alkyl halides is 2. The molecule has 1 heterocycles. The van der Waals surface area contributed by atoms with Crippen LogP contribution >= 0.6 is 0 Å². The predicted molar refractivity (Wildman–Crippen MR) is 116 cm³/mol. The molecule has 0 radical (unpaired) electrons. The van der Waals surface area contributed by atoms with Crippen molar-refractivity contribution in [2.24, 2.45) is 0 Å². The van der Waals surface area contributed by atoms with E-state index in [4.69, 9.17) is 4.74 Å². The molecule has 7 heteroatoms. The minimum atomic E-state index is -2.97. The average molecular weight is 420 g/mol. The van der Waals surface area contributed by atoms with Crippen LogP contribution < -0.4 is 15.0 Å². The van der Waals surface area contributed by atoms with Crippen molar-refractivity contribution in [1.82, 2.24) is 9.55 Å². The summed E-state index contributed by atoms with van der Waals surface area (Å²) in [5.41, 5.74) is 1.61. The molecule has 4 aromatic rings. The topological polar surface area (TPSA) is 53.3 Å². The molecule has 0 spiro atoms. The molecule has 31 heavy (non-hydrogen) atoms. The number of hydrogen-bond acceptors (Lipinski definition) is 4. The largest absolute Gasteiger partial charge is 0.493 e. The van der Waals surface area contributed by atoms with Gasteiger partial charge in [-0.1, -0.05) is 42.5 Å². The van der Waals surface area contributed by atoms with E-state index in [1.807, 2.05) is 36.4 Å². The minimum absolute atomic E-state index is 0.0772. The Morgan fingerprint density at radius 2 is 1.68 bits per heavy atom. The highest BCUT2D eigenvalue weighted by Crippen LogP contribution is 2.30. The number of benzene rings is 3. The number of methoxy groups -OCH3 is 1. The van der Waals surface area contributed by atoms with Crippen LogP contribution in [-0.4, -0.2) is 23.3 Å². The van der Waals surface area contributed by atoms with E-state index in [0.29, 0.717) is 28.0 Å². The summed E-state index contributed by atoms with van der Waals surface area (Å²) >= 11 is 0. The number of fused-ring (bicyclic) bond motifs is 1. The van der Waals surface area contributed by atoms with Gasteiger partial charge in [0, 0.05) is 0 Å². The molecular formula is C24H18F2N2O3. The number of ether oxygens (including phenoxy) is 2. The van der Waals surface area contributed by atoms with Crippen molar-refractivity contribution < 1.29 is 18.3 Å². The maximum atomic E-state index is 13.2. The monoisotopic (exact) mass is 420 g/mol. The van der Waals surface area contributed by atoms with Gasteiger partial charge >= 0.3 is 6.61 Å². The third-order valence-corrected chi connectivity index (χ3v) is 4.64. The van der Waals surface area contributed by atoms with Crippen molar-refractivity contribution in [2.45, 2.75) is 6.61 Å². The summed E-state index contributed by atoms with van der Waals surface area (Å²) in [6.07, 6.45) is 3.34. The lowest BCUT2D eigenvalue weighted by atomic mass is 10.1. The second-order valence-corrected chi connectivity index (χ2v) is 6.59. The standard InChI is InChI=1S/C24H18F2N2O3/c1-30-20-13-11-16(15-21(20)31-24(25)26)12-14-22-27-19-10-6-5-9-18(19)23(29)28(22)17-7-3-2-4-8-17/h2-15,24H,1H3. The summed E-state index contributed by atoms with van der Waals surface area (Å²) in [6, 6.07) is 20.9. The van der Waals surface area contributed by atoms with Crippen molar-refractivity contribution in [3.05, 3.63) is 94.5 Å². The Hall–Kier alpha value is -4.00. The van der Waals surface area contributed by atoms with Crippen LogP contribution in [-0.2, 0) is 0 Å². The van der Waals surface area contributed by atoms with E-state index < -0.39 is 6.61 Å². The zero-order chi connectivity index (χ0) is 21.8. The first-order valence-corrected chi connectivity index (χ1v) is 9.45. The van der Waals surface area contributed by atoms with Crippen molar-refractivity contribution in [1.29, 1.82) is 0 Å². The zero-order valence-corrected chi connectivity index (χ0v) is 16.5. The first-order chi connectivity index (χ1) is 15.1. The van der Waals surface area contributed by atoms with Gasteiger partial charge < -0.3 is 9.47 Å². The number of hydrogen-bond donors (Lipinski definition) is 0. The van der Waals surface area contributed by atoms with Crippen LogP contribution in [0.2, 0.25) is 0 Å². The van der Waals surface area contributed by atoms with Crippen LogP contribution in [0.5, 0.6) is 11.5 Å². The molecule has 0 bridgehead atoms. The molecular weight excluding hydrogens is 402 g/mol. The Kier molecular flexibility index (Phi) is 5.75. The van der Waals surface area contributed by atoms with Crippen molar-refractivity contribution in [3.63, 3.8) is 0 Å². The molecule has 0 aliphatic rings. The fraction of sp³-hybridized carbons (Fsp3) is 0.0833. The van der Waals surface area contributed by atoms with Gasteiger partial charge in [0.2, 0.25) is 0 Å². The van der Waals surface area contributed by atoms with Crippen LogP contribution in [0.3, 0.4) is 0 Å². The van der Waals surface area contributed by atoms with E-state index in [9.17, 15) is 13.6 Å². The fourth-order valence-corrected chi connectivity index (χ4v) is 3.24. The van der Waals surface area contributed by atoms with E-state index in [1.165, 1.54) is 23.8 Å². The Bertz CT molecular complexity index is 1300. The van der Waals surface area contributed by atoms with Gasteiger partial charge in [0.1, 0.15) is 5.82 Å². The molecule has 0 N–H and O–H groups in total. The van der Waals surface area contributed by atoms with Gasteiger partial charge in [-0.2, -0.15) is 8.78 Å². The van der Waals surface area contributed by atoms with E-state index >= 15 is 0 Å². The zero-order valence-electron chi connectivity index (χ0n) is 16.5. The summed E-state index contributed by atoms with van der Waals surface area (Å²) in [4.78, 5) is 17.8. The maximum absolute atomic E-state index is 13.2. The Morgan fingerprint density at radius 1 is 0.935 bits per heavy atom. The summed E-state index contributed by atoms with van der Waals surface area (Å²) < 4.78 is 36.5. The molecule has 0 saturated heterocycles. The molecule has 1 aromatic heterocycles. The summed E-state index contributed by atoms with van der Waals surface area (Å²) in [7, 11) is 1.38. The fourth-order valence-electron chi connectivity index (χ4n) is 3.24. The van der Waals surface area contributed by atoms with Gasteiger partial charge in [0.15, 0.2) is 11.5 Å². The van der Waals surface area contributed by atoms with Gasteiger partial charge in [-0.15, -0.1) is 0 Å². The highest BCUT2D eigenvalue weighted by Gasteiger charge is 2.12. The van der Waals surface area contributed by atoms with Crippen molar-refractivity contribution in [2.75, 3.05) is 7.11 Å². The lowest BCUT2D eigenvalue weighted by Crippen LogP contribution is -2.22. The lowest BCUT2D eigenvalue weighted by Gasteiger charge is -2.12. The molecule has 0 amide bonds. The van der Waals surface area contributed by atoms with Crippen LogP contribution in [0.1, 0.15) is 11.4 Å². The number of para-hydroxylation sites is 2. The van der Waals surface area contributed by atoms with E-state index in [1.54, 1.807) is 36.4 Å². The van der Waals surface area contributed by atoms with Crippen LogP contribution in [0.25, 0.3) is 28.7 Å². The number of aromatic nitrogens is 2. The molecule has 156 valence electrons. The molecule has 5 nitrogen and oxygen atoms in total. The van der Waals surface area contributed by atoms with Gasteiger partial charge in [0.05, 0.1) is 23.7 Å². The molecule has 3 aromatic carbocycles. The smallest absolute Gasteiger partial charge is 0.387 e. The van der Waals surface area contributed by atoms with Gasteiger partial charge in [0.25, 0.3) is 5.56 Å². The molecule has 0 aliphatic carbocycles. The Morgan fingerprint density at radius 3 is 2.42 bits per heavy atom. The van der Waals surface area contributed by atoms with Gasteiger partial charge in [-0.3, -0.25) is 9.36 Å². The molecule has 0 aliphatic heterocycles. The lowest BCUT2D eigenvalue weighted by molar-refractivity contribution is -0.0512. The third-order valence-electron chi connectivity index (χ3n) is 4.64. The van der Waals surface area contributed by atoms with Crippen molar-refractivity contribution >= 4 is 23.1 Å². The molecule has 0 fully saturated rings. The molecule has 0 saturated carbocycles. The Labute approximate surface area is 176 Å². The second-order valence-electron chi connectivity index (χ2n) is 6.59.